The van der Waals surface area contributed by atoms with E-state index in [0.717, 1.165) is 31.2 Å². The molecule has 1 saturated carbocycles. The van der Waals surface area contributed by atoms with Crippen molar-refractivity contribution in [1.82, 2.24) is 14.8 Å². The molecule has 1 unspecified atom stereocenters. The minimum Gasteiger partial charge on any atom is -0.388 e. The van der Waals surface area contributed by atoms with Gasteiger partial charge in [-0.3, -0.25) is 4.57 Å². The van der Waals surface area contributed by atoms with Crippen LogP contribution in [0.1, 0.15) is 49.5 Å². The number of aromatic amines is 1. The molecule has 6 heteroatoms. The lowest BCUT2D eigenvalue weighted by atomic mass is 10.1. The minimum absolute atomic E-state index is 0.150. The van der Waals surface area contributed by atoms with Gasteiger partial charge in [0.2, 0.25) is 0 Å². The van der Waals surface area contributed by atoms with Crippen molar-refractivity contribution in [2.45, 2.75) is 49.9 Å². The van der Waals surface area contributed by atoms with Crippen LogP contribution in [0.3, 0.4) is 0 Å². The van der Waals surface area contributed by atoms with Crippen LogP contribution >= 0.6 is 11.8 Å². The summed E-state index contributed by atoms with van der Waals surface area (Å²) in [7, 11) is 0. The predicted molar refractivity (Wildman–Crippen MR) is 87.2 cm³/mol. The van der Waals surface area contributed by atoms with Gasteiger partial charge < -0.3 is 5.11 Å². The molecule has 1 fully saturated rings. The van der Waals surface area contributed by atoms with E-state index in [2.05, 4.69) is 29.3 Å². The second-order valence-electron chi connectivity index (χ2n) is 5.73. The Hall–Kier alpha value is -1.53. The molecule has 1 atom stereocenters. The first kappa shape index (κ1) is 15.4. The second-order valence-corrected chi connectivity index (χ2v) is 6.72. The SMILES string of the molecule is CCCc1ccc(C(O)CSc2n[nH]c(=O)n2C2CC2)cc1. The highest BCUT2D eigenvalue weighted by Gasteiger charge is 2.28. The number of H-pyrrole nitrogens is 1. The minimum atomic E-state index is -0.555. The number of nitrogens with one attached hydrogen (secondary N) is 1. The average Bonchev–Trinajstić information content (AvgIpc) is 3.29. The van der Waals surface area contributed by atoms with Crippen LogP contribution in [0.25, 0.3) is 0 Å². The Morgan fingerprint density at radius 2 is 2.14 bits per heavy atom. The third kappa shape index (κ3) is 3.44. The first-order valence-corrected chi connectivity index (χ1v) is 8.74. The second kappa shape index (κ2) is 6.71. The van der Waals surface area contributed by atoms with Crippen LogP contribution in [0.2, 0.25) is 0 Å². The van der Waals surface area contributed by atoms with Gasteiger partial charge in [0.15, 0.2) is 5.16 Å². The summed E-state index contributed by atoms with van der Waals surface area (Å²) < 4.78 is 1.71. The first-order chi connectivity index (χ1) is 10.7. The fourth-order valence-corrected chi connectivity index (χ4v) is 3.47. The molecule has 0 spiro atoms. The van der Waals surface area contributed by atoms with Gasteiger partial charge in [-0.05, 0) is 30.4 Å². The van der Waals surface area contributed by atoms with Gasteiger partial charge in [-0.2, -0.15) is 0 Å². The monoisotopic (exact) mass is 319 g/mol. The Kier molecular flexibility index (Phi) is 4.69. The largest absolute Gasteiger partial charge is 0.388 e. The van der Waals surface area contributed by atoms with E-state index in [1.807, 2.05) is 12.1 Å². The summed E-state index contributed by atoms with van der Waals surface area (Å²) in [5, 5.41) is 17.5. The molecule has 2 N–H and O–H groups in total. The van der Waals surface area contributed by atoms with E-state index in [4.69, 9.17) is 0 Å². The van der Waals surface area contributed by atoms with Crippen molar-refractivity contribution in [2.24, 2.45) is 0 Å². The molecular weight excluding hydrogens is 298 g/mol. The maximum atomic E-state index is 11.7. The molecule has 1 aliphatic carbocycles. The topological polar surface area (TPSA) is 70.9 Å². The number of nitrogens with zero attached hydrogens (tertiary/aromatic N) is 2. The van der Waals surface area contributed by atoms with Gasteiger partial charge in [-0.1, -0.05) is 49.4 Å². The molecule has 0 saturated heterocycles. The van der Waals surface area contributed by atoms with Crippen molar-refractivity contribution in [3.8, 4) is 0 Å². The third-order valence-electron chi connectivity index (χ3n) is 3.86. The van der Waals surface area contributed by atoms with E-state index in [9.17, 15) is 9.90 Å². The van der Waals surface area contributed by atoms with Crippen LogP contribution < -0.4 is 5.69 Å². The molecule has 22 heavy (non-hydrogen) atoms. The van der Waals surface area contributed by atoms with Gasteiger partial charge in [-0.15, -0.1) is 5.10 Å². The van der Waals surface area contributed by atoms with Crippen molar-refractivity contribution in [3.63, 3.8) is 0 Å². The number of aromatic nitrogens is 3. The normalized spacial score (nSPS) is 15.9. The molecule has 1 aromatic heterocycles. The molecule has 0 aliphatic heterocycles. The van der Waals surface area contributed by atoms with Crippen LogP contribution in [0.5, 0.6) is 0 Å². The molecule has 0 radical (unpaired) electrons. The summed E-state index contributed by atoms with van der Waals surface area (Å²) >= 11 is 1.42. The Bertz CT molecular complexity index is 673. The van der Waals surface area contributed by atoms with Gasteiger partial charge in [0.25, 0.3) is 0 Å². The third-order valence-corrected chi connectivity index (χ3v) is 4.89. The van der Waals surface area contributed by atoms with Gasteiger partial charge in [0.05, 0.1) is 6.10 Å². The number of hydrogen-bond donors (Lipinski definition) is 2. The predicted octanol–water partition coefficient (Wildman–Crippen LogP) is 2.68. The molecule has 3 rings (SSSR count). The Balaban J connectivity index is 1.62. The van der Waals surface area contributed by atoms with E-state index in [0.29, 0.717) is 17.0 Å². The summed E-state index contributed by atoms with van der Waals surface area (Å²) in [5.74, 6) is 0.490. The van der Waals surface area contributed by atoms with Gasteiger partial charge in [0, 0.05) is 11.8 Å². The standard InChI is InChI=1S/C16H21N3O2S/c1-2-3-11-4-6-12(7-5-11)14(20)10-22-16-18-17-15(21)19(16)13-8-9-13/h4-7,13-14,20H,2-3,8-10H2,1H3,(H,17,21). The van der Waals surface area contributed by atoms with E-state index < -0.39 is 6.10 Å². The molecule has 1 aromatic carbocycles. The number of rotatable bonds is 7. The summed E-state index contributed by atoms with van der Waals surface area (Å²) in [6, 6.07) is 8.39. The molecule has 0 bridgehead atoms. The zero-order valence-electron chi connectivity index (χ0n) is 12.7. The van der Waals surface area contributed by atoms with Crippen LogP contribution in [0.15, 0.2) is 34.2 Å². The molecule has 118 valence electrons. The first-order valence-electron chi connectivity index (χ1n) is 7.75. The highest BCUT2D eigenvalue weighted by atomic mass is 32.2. The lowest BCUT2D eigenvalue weighted by Gasteiger charge is -2.11. The zero-order chi connectivity index (χ0) is 15.5. The number of aliphatic hydroxyl groups excluding tert-OH is 1. The van der Waals surface area contributed by atoms with Crippen LogP contribution in [0, 0.1) is 0 Å². The molecular formula is C16H21N3O2S. The molecule has 1 aliphatic rings. The molecule has 0 amide bonds. The number of hydrogen-bond acceptors (Lipinski definition) is 4. The summed E-state index contributed by atoms with van der Waals surface area (Å²) in [6.07, 6.45) is 3.70. The van der Waals surface area contributed by atoms with Crippen LogP contribution in [-0.4, -0.2) is 25.6 Å². The Labute approximate surface area is 133 Å². The lowest BCUT2D eigenvalue weighted by Crippen LogP contribution is -2.16. The smallest absolute Gasteiger partial charge is 0.344 e. The molecule has 2 aromatic rings. The van der Waals surface area contributed by atoms with Gasteiger partial charge in [0.1, 0.15) is 0 Å². The van der Waals surface area contributed by atoms with E-state index in [1.165, 1.54) is 17.3 Å². The van der Waals surface area contributed by atoms with Crippen LogP contribution in [-0.2, 0) is 6.42 Å². The fourth-order valence-electron chi connectivity index (χ4n) is 2.49. The van der Waals surface area contributed by atoms with Crippen molar-refractivity contribution in [2.75, 3.05) is 5.75 Å². The summed E-state index contributed by atoms with van der Waals surface area (Å²) in [4.78, 5) is 11.7. The quantitative estimate of drug-likeness (QED) is 0.770. The number of thioether (sulfide) groups is 1. The summed E-state index contributed by atoms with van der Waals surface area (Å²) in [6.45, 7) is 2.16. The van der Waals surface area contributed by atoms with Crippen LogP contribution in [0.4, 0.5) is 0 Å². The summed E-state index contributed by atoms with van der Waals surface area (Å²) in [5.41, 5.74) is 2.05. The fraction of sp³-hybridized carbons (Fsp3) is 0.500. The maximum Gasteiger partial charge on any atom is 0.344 e. The highest BCUT2D eigenvalue weighted by molar-refractivity contribution is 7.99. The van der Waals surface area contributed by atoms with E-state index >= 15 is 0 Å². The van der Waals surface area contributed by atoms with Gasteiger partial charge in [-0.25, -0.2) is 9.89 Å². The van der Waals surface area contributed by atoms with Gasteiger partial charge >= 0.3 is 5.69 Å². The number of aliphatic hydroxyl groups is 1. The molecule has 1 heterocycles. The zero-order valence-corrected chi connectivity index (χ0v) is 13.5. The highest BCUT2D eigenvalue weighted by Crippen LogP contribution is 2.36. The van der Waals surface area contributed by atoms with Crippen molar-refractivity contribution in [1.29, 1.82) is 0 Å². The van der Waals surface area contributed by atoms with Crippen molar-refractivity contribution < 1.29 is 5.11 Å². The van der Waals surface area contributed by atoms with Crippen molar-refractivity contribution in [3.05, 3.63) is 45.9 Å². The lowest BCUT2D eigenvalue weighted by molar-refractivity contribution is 0.204. The average molecular weight is 319 g/mol. The Morgan fingerprint density at radius 1 is 1.41 bits per heavy atom. The van der Waals surface area contributed by atoms with E-state index in [-0.39, 0.29) is 5.69 Å². The number of benzene rings is 1. The maximum absolute atomic E-state index is 11.7. The molecule has 5 nitrogen and oxygen atoms in total. The Morgan fingerprint density at radius 3 is 2.77 bits per heavy atom. The van der Waals surface area contributed by atoms with E-state index in [1.54, 1.807) is 4.57 Å². The number of aryl methyl sites for hydroxylation is 1. The van der Waals surface area contributed by atoms with Crippen molar-refractivity contribution >= 4 is 11.8 Å².